The van der Waals surface area contributed by atoms with E-state index < -0.39 is 11.9 Å². The Labute approximate surface area is 122 Å². The molecule has 3 N–H and O–H groups in total. The van der Waals surface area contributed by atoms with E-state index in [0.717, 1.165) is 0 Å². The number of amides is 1. The minimum absolute atomic E-state index is 0.176. The Morgan fingerprint density at radius 2 is 1.90 bits per heavy atom. The van der Waals surface area contributed by atoms with Crippen LogP contribution < -0.4 is 10.2 Å². The summed E-state index contributed by atoms with van der Waals surface area (Å²) < 4.78 is 0. The number of nitrogens with one attached hydrogen (secondary N) is 1. The Bertz CT molecular complexity index is 529. The molecule has 0 aromatic heterocycles. The fraction of sp³-hybridized carbons (Fsp3) is 0.500. The Hall–Kier alpha value is -1.14. The molecule has 2 aliphatic rings. The van der Waals surface area contributed by atoms with Gasteiger partial charge in [0.15, 0.2) is 6.35 Å². The summed E-state index contributed by atoms with van der Waals surface area (Å²) >= 11 is 6.11. The smallest absolute Gasteiger partial charge is 0.250 e. The average molecular weight is 297 g/mol. The van der Waals surface area contributed by atoms with Gasteiger partial charge < -0.3 is 10.2 Å². The van der Waals surface area contributed by atoms with Crippen LogP contribution in [0.15, 0.2) is 24.3 Å². The zero-order valence-corrected chi connectivity index (χ0v) is 11.7. The van der Waals surface area contributed by atoms with Gasteiger partial charge in [-0.25, -0.2) is 0 Å². The fourth-order valence-corrected chi connectivity index (χ4v) is 3.28. The molecule has 0 radical (unpaired) electrons. The second-order valence-electron chi connectivity index (χ2n) is 5.46. The number of halogens is 1. The second kappa shape index (κ2) is 5.00. The maximum atomic E-state index is 12.7. The van der Waals surface area contributed by atoms with Gasteiger partial charge in [0, 0.05) is 0 Å². The van der Waals surface area contributed by atoms with Gasteiger partial charge in [-0.2, -0.15) is 0 Å². The summed E-state index contributed by atoms with van der Waals surface area (Å²) in [5.41, 5.74) is -0.278. The molecule has 0 bridgehead atoms. The van der Waals surface area contributed by atoms with E-state index in [4.69, 9.17) is 11.6 Å². The van der Waals surface area contributed by atoms with Crippen LogP contribution in [0.1, 0.15) is 25.7 Å². The lowest BCUT2D eigenvalue weighted by atomic mass is 9.80. The van der Waals surface area contributed by atoms with E-state index in [2.05, 4.69) is 5.32 Å². The summed E-state index contributed by atoms with van der Waals surface area (Å²) in [4.78, 5) is 14.0. The molecule has 1 aliphatic carbocycles. The number of hydrogen-bond acceptors (Lipinski definition) is 4. The Kier molecular flexibility index (Phi) is 3.46. The lowest BCUT2D eigenvalue weighted by molar-refractivity contribution is -0.124. The molecule has 2 fully saturated rings. The molecule has 1 unspecified atom stereocenters. The van der Waals surface area contributed by atoms with E-state index in [1.54, 1.807) is 24.3 Å². The van der Waals surface area contributed by atoms with Gasteiger partial charge in [0.25, 0.3) is 5.91 Å². The lowest BCUT2D eigenvalue weighted by Crippen LogP contribution is -2.50. The molecular weight excluding hydrogens is 280 g/mol. The van der Waals surface area contributed by atoms with Gasteiger partial charge in [-0.3, -0.25) is 15.0 Å². The van der Waals surface area contributed by atoms with Crippen LogP contribution >= 0.6 is 11.6 Å². The number of aliphatic hydroxyl groups is 2. The van der Waals surface area contributed by atoms with Crippen LogP contribution in [-0.4, -0.2) is 34.1 Å². The van der Waals surface area contributed by atoms with Crippen molar-refractivity contribution >= 4 is 23.2 Å². The molecule has 3 rings (SSSR count). The van der Waals surface area contributed by atoms with Gasteiger partial charge in [0.1, 0.15) is 5.54 Å². The summed E-state index contributed by atoms with van der Waals surface area (Å²) in [6, 6.07) is 6.95. The maximum absolute atomic E-state index is 12.7. The molecule has 6 heteroatoms. The Morgan fingerprint density at radius 3 is 2.55 bits per heavy atom. The molecule has 20 heavy (non-hydrogen) atoms. The fourth-order valence-electron chi connectivity index (χ4n) is 3.06. The standard InChI is InChI=1S/C14H17ClN2O3/c15-10-3-1-2-4-11(10)17-12(19)14(16-13(17)20)7-5-9(18)6-8-14/h1-4,9,13,16,18,20H,5-8H2. The van der Waals surface area contributed by atoms with Gasteiger partial charge in [-0.15, -0.1) is 0 Å². The molecule has 5 nitrogen and oxygen atoms in total. The van der Waals surface area contributed by atoms with Crippen molar-refractivity contribution in [3.05, 3.63) is 29.3 Å². The van der Waals surface area contributed by atoms with Gasteiger partial charge >= 0.3 is 0 Å². The summed E-state index contributed by atoms with van der Waals surface area (Å²) in [6.45, 7) is 0. The first-order valence-electron chi connectivity index (χ1n) is 6.75. The zero-order valence-electron chi connectivity index (χ0n) is 10.9. The van der Waals surface area contributed by atoms with E-state index >= 15 is 0 Å². The highest BCUT2D eigenvalue weighted by molar-refractivity contribution is 6.34. The van der Waals surface area contributed by atoms with Crippen molar-refractivity contribution in [1.29, 1.82) is 0 Å². The number of nitrogens with zero attached hydrogens (tertiary/aromatic N) is 1. The maximum Gasteiger partial charge on any atom is 0.250 e. The molecule has 1 saturated heterocycles. The highest BCUT2D eigenvalue weighted by Crippen LogP contribution is 2.38. The lowest BCUT2D eigenvalue weighted by Gasteiger charge is -2.33. The zero-order chi connectivity index (χ0) is 14.3. The minimum atomic E-state index is -1.09. The van der Waals surface area contributed by atoms with Crippen molar-refractivity contribution in [2.45, 2.75) is 43.7 Å². The number of rotatable bonds is 1. The third-order valence-corrected chi connectivity index (χ3v) is 4.52. The number of carbonyl (C=O) groups excluding carboxylic acids is 1. The highest BCUT2D eigenvalue weighted by atomic mass is 35.5. The van der Waals surface area contributed by atoms with Gasteiger partial charge in [0.05, 0.1) is 16.8 Å². The largest absolute Gasteiger partial charge is 0.393 e. The van der Waals surface area contributed by atoms with Crippen LogP contribution in [0.4, 0.5) is 5.69 Å². The number of benzene rings is 1. The van der Waals surface area contributed by atoms with E-state index in [1.807, 2.05) is 0 Å². The predicted molar refractivity (Wildman–Crippen MR) is 75.3 cm³/mol. The molecule has 1 aromatic carbocycles. The normalized spacial score (nSPS) is 34.0. The van der Waals surface area contributed by atoms with Crippen molar-refractivity contribution in [3.63, 3.8) is 0 Å². The summed E-state index contributed by atoms with van der Waals surface area (Å²) in [5.74, 6) is -0.176. The molecule has 1 spiro atoms. The van der Waals surface area contributed by atoms with E-state index in [0.29, 0.717) is 36.4 Å². The second-order valence-corrected chi connectivity index (χ2v) is 5.87. The van der Waals surface area contributed by atoms with Gasteiger partial charge in [0.2, 0.25) is 0 Å². The van der Waals surface area contributed by atoms with Crippen molar-refractivity contribution < 1.29 is 15.0 Å². The molecular formula is C14H17ClN2O3. The summed E-state index contributed by atoms with van der Waals surface area (Å²) in [5, 5.41) is 23.2. The Morgan fingerprint density at radius 1 is 1.25 bits per heavy atom. The topological polar surface area (TPSA) is 72.8 Å². The first-order valence-corrected chi connectivity index (χ1v) is 7.13. The van der Waals surface area contributed by atoms with Gasteiger partial charge in [-0.05, 0) is 37.8 Å². The number of para-hydroxylation sites is 1. The van der Waals surface area contributed by atoms with Gasteiger partial charge in [-0.1, -0.05) is 23.7 Å². The summed E-state index contributed by atoms with van der Waals surface area (Å²) in [6.07, 6.45) is 0.707. The molecule has 1 amide bonds. The molecule has 108 valence electrons. The Balaban J connectivity index is 1.91. The first-order chi connectivity index (χ1) is 9.53. The van der Waals surface area contributed by atoms with Crippen LogP contribution in [0.25, 0.3) is 0 Å². The van der Waals surface area contributed by atoms with Crippen LogP contribution in [-0.2, 0) is 4.79 Å². The molecule has 1 atom stereocenters. The SMILES string of the molecule is O=C1N(c2ccccc2Cl)C(O)NC12CCC(O)CC2. The van der Waals surface area contributed by atoms with Crippen LogP contribution in [0.3, 0.4) is 0 Å². The summed E-state index contributed by atoms with van der Waals surface area (Å²) in [7, 11) is 0. The number of hydrogen-bond donors (Lipinski definition) is 3. The van der Waals surface area contributed by atoms with E-state index in [1.165, 1.54) is 4.90 Å². The minimum Gasteiger partial charge on any atom is -0.393 e. The monoisotopic (exact) mass is 296 g/mol. The molecule has 1 aliphatic heterocycles. The van der Waals surface area contributed by atoms with Crippen LogP contribution in [0, 0.1) is 0 Å². The number of carbonyl (C=O) groups is 1. The quantitative estimate of drug-likeness (QED) is 0.729. The first kappa shape index (κ1) is 13.8. The number of anilines is 1. The van der Waals surface area contributed by atoms with Crippen molar-refractivity contribution in [1.82, 2.24) is 5.32 Å². The number of aliphatic hydroxyl groups excluding tert-OH is 2. The average Bonchev–Trinajstić information content (AvgIpc) is 2.66. The van der Waals surface area contributed by atoms with Crippen molar-refractivity contribution in [3.8, 4) is 0 Å². The molecule has 1 aromatic rings. The van der Waals surface area contributed by atoms with Crippen LogP contribution in [0.2, 0.25) is 5.02 Å². The third kappa shape index (κ3) is 2.11. The van der Waals surface area contributed by atoms with Crippen LogP contribution in [0.5, 0.6) is 0 Å². The van der Waals surface area contributed by atoms with Crippen molar-refractivity contribution in [2.24, 2.45) is 0 Å². The third-order valence-electron chi connectivity index (χ3n) is 4.20. The van der Waals surface area contributed by atoms with E-state index in [-0.39, 0.29) is 12.0 Å². The molecule has 1 saturated carbocycles. The predicted octanol–water partition coefficient (Wildman–Crippen LogP) is 1.23. The van der Waals surface area contributed by atoms with Crippen molar-refractivity contribution in [2.75, 3.05) is 4.90 Å². The van der Waals surface area contributed by atoms with E-state index in [9.17, 15) is 15.0 Å². The highest BCUT2D eigenvalue weighted by Gasteiger charge is 2.52. The molecule has 1 heterocycles.